The highest BCUT2D eigenvalue weighted by Crippen LogP contribution is 2.13. The molecule has 3 heteroatoms. The summed E-state index contributed by atoms with van der Waals surface area (Å²) < 4.78 is 0. The molecule has 0 amide bonds. The van der Waals surface area contributed by atoms with Crippen LogP contribution in [0.15, 0.2) is 12.7 Å². The molecule has 0 heterocycles. The van der Waals surface area contributed by atoms with E-state index in [1.807, 2.05) is 13.8 Å². The van der Waals surface area contributed by atoms with Crippen LogP contribution in [0.1, 0.15) is 26.7 Å². The summed E-state index contributed by atoms with van der Waals surface area (Å²) in [6.45, 7) is 8.12. The normalized spacial score (nSPS) is 12.8. The second-order valence-corrected chi connectivity index (χ2v) is 3.09. The quantitative estimate of drug-likeness (QED) is 0.593. The maximum Gasteiger partial charge on any atom is 0.320 e. The summed E-state index contributed by atoms with van der Waals surface area (Å²) in [6, 6.07) is -0.437. The first kappa shape index (κ1) is 12.2. The van der Waals surface area contributed by atoms with E-state index >= 15 is 0 Å². The van der Waals surface area contributed by atoms with E-state index in [4.69, 9.17) is 5.11 Å². The molecule has 0 aromatic carbocycles. The number of aliphatic carboxylic acids is 1. The van der Waals surface area contributed by atoms with Gasteiger partial charge in [-0.2, -0.15) is 0 Å². The van der Waals surface area contributed by atoms with Gasteiger partial charge in [0, 0.05) is 6.54 Å². The van der Waals surface area contributed by atoms with Gasteiger partial charge < -0.3 is 10.4 Å². The number of carboxylic acids is 1. The molecule has 0 radical (unpaired) electrons. The van der Waals surface area contributed by atoms with E-state index in [0.717, 1.165) is 12.8 Å². The molecule has 3 nitrogen and oxygen atoms in total. The molecule has 0 saturated heterocycles. The van der Waals surface area contributed by atoms with Gasteiger partial charge in [0.2, 0.25) is 0 Å². The summed E-state index contributed by atoms with van der Waals surface area (Å²) in [7, 11) is 0. The average Bonchev–Trinajstić information content (AvgIpc) is 2.11. The SMILES string of the molecule is C=CCNC(C(=O)O)C(CC)CC. The van der Waals surface area contributed by atoms with E-state index in [9.17, 15) is 4.79 Å². The summed E-state index contributed by atoms with van der Waals surface area (Å²) in [5.41, 5.74) is 0. The van der Waals surface area contributed by atoms with Crippen LogP contribution >= 0.6 is 0 Å². The predicted molar refractivity (Wildman–Crippen MR) is 53.7 cm³/mol. The topological polar surface area (TPSA) is 49.3 Å². The fraction of sp³-hybridized carbons (Fsp3) is 0.700. The third-order valence-corrected chi connectivity index (χ3v) is 2.27. The lowest BCUT2D eigenvalue weighted by Crippen LogP contribution is -2.42. The molecule has 0 rings (SSSR count). The average molecular weight is 185 g/mol. The zero-order chi connectivity index (χ0) is 10.3. The third kappa shape index (κ3) is 4.08. The van der Waals surface area contributed by atoms with E-state index in [1.54, 1.807) is 6.08 Å². The van der Waals surface area contributed by atoms with Gasteiger partial charge in [-0.3, -0.25) is 4.79 Å². The zero-order valence-electron chi connectivity index (χ0n) is 8.42. The van der Waals surface area contributed by atoms with Crippen molar-refractivity contribution in [1.82, 2.24) is 5.32 Å². The summed E-state index contributed by atoms with van der Waals surface area (Å²) in [5, 5.41) is 11.9. The van der Waals surface area contributed by atoms with Crippen LogP contribution in [0.3, 0.4) is 0 Å². The maximum absolute atomic E-state index is 10.9. The van der Waals surface area contributed by atoms with Crippen molar-refractivity contribution >= 4 is 5.97 Å². The van der Waals surface area contributed by atoms with Crippen molar-refractivity contribution in [3.05, 3.63) is 12.7 Å². The minimum absolute atomic E-state index is 0.206. The molecule has 1 atom stereocenters. The molecule has 0 spiro atoms. The van der Waals surface area contributed by atoms with E-state index < -0.39 is 12.0 Å². The smallest absolute Gasteiger partial charge is 0.320 e. The first-order valence-corrected chi connectivity index (χ1v) is 4.74. The molecule has 13 heavy (non-hydrogen) atoms. The molecule has 0 bridgehead atoms. The van der Waals surface area contributed by atoms with Gasteiger partial charge in [0.1, 0.15) is 6.04 Å². The van der Waals surface area contributed by atoms with E-state index in [2.05, 4.69) is 11.9 Å². The Balaban J connectivity index is 4.20. The van der Waals surface area contributed by atoms with Crippen molar-refractivity contribution in [2.24, 2.45) is 5.92 Å². The predicted octanol–water partition coefficient (Wildman–Crippen LogP) is 1.65. The van der Waals surface area contributed by atoms with Crippen LogP contribution in [-0.4, -0.2) is 23.7 Å². The van der Waals surface area contributed by atoms with Crippen LogP contribution in [0.2, 0.25) is 0 Å². The summed E-state index contributed by atoms with van der Waals surface area (Å²) >= 11 is 0. The molecule has 1 unspecified atom stereocenters. The van der Waals surface area contributed by atoms with Crippen molar-refractivity contribution in [1.29, 1.82) is 0 Å². The fourth-order valence-corrected chi connectivity index (χ4v) is 1.43. The second kappa shape index (κ2) is 6.66. The van der Waals surface area contributed by atoms with Gasteiger partial charge in [-0.05, 0) is 5.92 Å². The Kier molecular flexibility index (Phi) is 6.24. The van der Waals surface area contributed by atoms with Crippen LogP contribution in [-0.2, 0) is 4.79 Å². The lowest BCUT2D eigenvalue weighted by atomic mass is 9.94. The fourth-order valence-electron chi connectivity index (χ4n) is 1.43. The van der Waals surface area contributed by atoms with Crippen LogP contribution < -0.4 is 5.32 Å². The summed E-state index contributed by atoms with van der Waals surface area (Å²) in [6.07, 6.45) is 3.45. The molecule has 0 aliphatic carbocycles. The number of carboxylic acid groups (broad SMARTS) is 1. The van der Waals surface area contributed by atoms with E-state index in [-0.39, 0.29) is 5.92 Å². The Hall–Kier alpha value is -0.830. The molecule has 0 aromatic heterocycles. The molecule has 0 saturated carbocycles. The van der Waals surface area contributed by atoms with Crippen molar-refractivity contribution in [2.45, 2.75) is 32.7 Å². The molecule has 0 aliphatic heterocycles. The highest BCUT2D eigenvalue weighted by atomic mass is 16.4. The van der Waals surface area contributed by atoms with Gasteiger partial charge in [-0.25, -0.2) is 0 Å². The Labute approximate surface area is 79.8 Å². The van der Waals surface area contributed by atoms with Gasteiger partial charge in [0.25, 0.3) is 0 Å². The first-order valence-electron chi connectivity index (χ1n) is 4.74. The Bertz CT molecular complexity index is 164. The number of hydrogen-bond donors (Lipinski definition) is 2. The second-order valence-electron chi connectivity index (χ2n) is 3.09. The lowest BCUT2D eigenvalue weighted by molar-refractivity contribution is -0.141. The van der Waals surface area contributed by atoms with E-state index in [1.165, 1.54) is 0 Å². The largest absolute Gasteiger partial charge is 0.480 e. The number of carbonyl (C=O) groups is 1. The highest BCUT2D eigenvalue weighted by molar-refractivity contribution is 5.73. The monoisotopic (exact) mass is 185 g/mol. The maximum atomic E-state index is 10.9. The minimum atomic E-state index is -0.768. The molecule has 2 N–H and O–H groups in total. The lowest BCUT2D eigenvalue weighted by Gasteiger charge is -2.21. The number of hydrogen-bond acceptors (Lipinski definition) is 2. The molecular formula is C10H19NO2. The van der Waals surface area contributed by atoms with Crippen molar-refractivity contribution in [3.8, 4) is 0 Å². The van der Waals surface area contributed by atoms with Gasteiger partial charge in [0.15, 0.2) is 0 Å². The van der Waals surface area contributed by atoms with Crippen LogP contribution in [0.4, 0.5) is 0 Å². The molecule has 76 valence electrons. The standard InChI is InChI=1S/C10H19NO2/c1-4-7-11-9(10(12)13)8(5-2)6-3/h4,8-9,11H,1,5-7H2,2-3H3,(H,12,13). The van der Waals surface area contributed by atoms with Gasteiger partial charge in [-0.1, -0.05) is 32.8 Å². The van der Waals surface area contributed by atoms with Gasteiger partial charge in [0.05, 0.1) is 0 Å². The zero-order valence-corrected chi connectivity index (χ0v) is 8.42. The highest BCUT2D eigenvalue weighted by Gasteiger charge is 2.23. The van der Waals surface area contributed by atoms with E-state index in [0.29, 0.717) is 6.54 Å². The Morgan fingerprint density at radius 3 is 2.38 bits per heavy atom. The van der Waals surface area contributed by atoms with Crippen LogP contribution in [0, 0.1) is 5.92 Å². The van der Waals surface area contributed by atoms with Gasteiger partial charge >= 0.3 is 5.97 Å². The Morgan fingerprint density at radius 1 is 1.54 bits per heavy atom. The third-order valence-electron chi connectivity index (χ3n) is 2.27. The van der Waals surface area contributed by atoms with Crippen LogP contribution in [0.5, 0.6) is 0 Å². The van der Waals surface area contributed by atoms with Crippen molar-refractivity contribution in [3.63, 3.8) is 0 Å². The first-order chi connectivity index (χ1) is 6.17. The number of nitrogens with one attached hydrogen (secondary N) is 1. The summed E-state index contributed by atoms with van der Waals surface area (Å²) in [4.78, 5) is 10.9. The van der Waals surface area contributed by atoms with Crippen molar-refractivity contribution in [2.75, 3.05) is 6.54 Å². The van der Waals surface area contributed by atoms with Gasteiger partial charge in [-0.15, -0.1) is 6.58 Å². The molecular weight excluding hydrogens is 166 g/mol. The summed E-state index contributed by atoms with van der Waals surface area (Å²) in [5.74, 6) is -0.562. The molecule has 0 aromatic rings. The van der Waals surface area contributed by atoms with Crippen molar-refractivity contribution < 1.29 is 9.90 Å². The molecule has 0 fully saturated rings. The number of rotatable bonds is 7. The minimum Gasteiger partial charge on any atom is -0.480 e. The Morgan fingerprint density at radius 2 is 2.08 bits per heavy atom. The molecule has 0 aliphatic rings. The van der Waals surface area contributed by atoms with Crippen LogP contribution in [0.25, 0.3) is 0 Å².